The van der Waals surface area contributed by atoms with Crippen molar-refractivity contribution in [1.82, 2.24) is 10.6 Å². The van der Waals surface area contributed by atoms with E-state index in [0.717, 1.165) is 47.9 Å². The second-order valence-corrected chi connectivity index (χ2v) is 9.41. The number of carboxylic acid groups (broad SMARTS) is 1. The van der Waals surface area contributed by atoms with E-state index in [1.807, 2.05) is 36.4 Å². The highest BCUT2D eigenvalue weighted by molar-refractivity contribution is 5.86. The fourth-order valence-corrected chi connectivity index (χ4v) is 5.16. The molecular weight excluding hydrogens is 432 g/mol. The van der Waals surface area contributed by atoms with E-state index in [-0.39, 0.29) is 19.1 Å². The number of amides is 2. The van der Waals surface area contributed by atoms with Crippen LogP contribution < -0.4 is 10.6 Å². The summed E-state index contributed by atoms with van der Waals surface area (Å²) in [6.45, 7) is 1.80. The minimum absolute atomic E-state index is 0.0621. The van der Waals surface area contributed by atoms with Crippen LogP contribution in [0.5, 0.6) is 0 Å². The van der Waals surface area contributed by atoms with Crippen LogP contribution in [0.2, 0.25) is 0 Å². The largest absolute Gasteiger partial charge is 0.481 e. The van der Waals surface area contributed by atoms with Gasteiger partial charge in [-0.25, -0.2) is 4.79 Å². The second-order valence-electron chi connectivity index (χ2n) is 9.41. The molecule has 2 aromatic carbocycles. The predicted molar refractivity (Wildman–Crippen MR) is 128 cm³/mol. The normalized spacial score (nSPS) is 17.6. The third kappa shape index (κ3) is 4.93. The van der Waals surface area contributed by atoms with Crippen LogP contribution in [0.1, 0.15) is 62.5 Å². The van der Waals surface area contributed by atoms with Crippen molar-refractivity contribution in [2.75, 3.05) is 13.2 Å². The smallest absolute Gasteiger partial charge is 0.407 e. The van der Waals surface area contributed by atoms with Gasteiger partial charge in [-0.15, -0.1) is 0 Å². The third-order valence-corrected chi connectivity index (χ3v) is 7.19. The lowest BCUT2D eigenvalue weighted by atomic mass is 9.80. The number of carbonyl (C=O) groups excluding carboxylic acids is 2. The van der Waals surface area contributed by atoms with Crippen molar-refractivity contribution < 1.29 is 24.2 Å². The van der Waals surface area contributed by atoms with E-state index < -0.39 is 29.4 Å². The lowest BCUT2D eigenvalue weighted by Gasteiger charge is -2.28. The fraction of sp³-hybridized carbons (Fsp3) is 0.444. The molecule has 2 aliphatic rings. The van der Waals surface area contributed by atoms with Crippen LogP contribution >= 0.6 is 0 Å². The molecule has 4 rings (SSSR count). The molecule has 3 N–H and O–H groups in total. The number of rotatable bonds is 7. The van der Waals surface area contributed by atoms with Gasteiger partial charge in [-0.3, -0.25) is 9.59 Å². The zero-order valence-electron chi connectivity index (χ0n) is 19.5. The highest BCUT2D eigenvalue weighted by atomic mass is 16.5. The van der Waals surface area contributed by atoms with E-state index in [1.165, 1.54) is 0 Å². The summed E-state index contributed by atoms with van der Waals surface area (Å²) >= 11 is 0. The van der Waals surface area contributed by atoms with E-state index in [2.05, 4.69) is 22.8 Å². The summed E-state index contributed by atoms with van der Waals surface area (Å²) in [6, 6.07) is 15.3. The fourth-order valence-electron chi connectivity index (χ4n) is 5.16. The van der Waals surface area contributed by atoms with Crippen molar-refractivity contribution in [2.45, 2.75) is 57.4 Å². The van der Waals surface area contributed by atoms with Crippen molar-refractivity contribution in [2.24, 2.45) is 5.41 Å². The van der Waals surface area contributed by atoms with E-state index in [4.69, 9.17) is 4.74 Å². The molecule has 2 amide bonds. The van der Waals surface area contributed by atoms with Crippen LogP contribution in [0.3, 0.4) is 0 Å². The molecule has 0 saturated heterocycles. The van der Waals surface area contributed by atoms with Gasteiger partial charge in [0.2, 0.25) is 5.91 Å². The summed E-state index contributed by atoms with van der Waals surface area (Å²) in [5.74, 6) is -1.35. The zero-order chi connectivity index (χ0) is 24.1. The van der Waals surface area contributed by atoms with Crippen molar-refractivity contribution >= 4 is 18.0 Å². The second kappa shape index (κ2) is 10.3. The zero-order valence-corrected chi connectivity index (χ0v) is 19.5. The Bertz CT molecular complexity index is 1010. The number of benzene rings is 2. The Morgan fingerprint density at radius 1 is 0.971 bits per heavy atom. The molecule has 0 unspecified atom stereocenters. The van der Waals surface area contributed by atoms with Gasteiger partial charge in [0.1, 0.15) is 12.6 Å². The maximum atomic E-state index is 12.6. The molecule has 0 spiro atoms. The average Bonchev–Trinajstić information content (AvgIpc) is 2.97. The Morgan fingerprint density at radius 2 is 1.53 bits per heavy atom. The van der Waals surface area contributed by atoms with Gasteiger partial charge in [0.05, 0.1) is 5.41 Å². The van der Waals surface area contributed by atoms with Gasteiger partial charge in [0.25, 0.3) is 0 Å². The van der Waals surface area contributed by atoms with Gasteiger partial charge in [0.15, 0.2) is 0 Å². The van der Waals surface area contributed by atoms with Crippen molar-refractivity contribution in [1.29, 1.82) is 0 Å². The number of aliphatic carboxylic acids is 1. The van der Waals surface area contributed by atoms with E-state index >= 15 is 0 Å². The molecule has 1 fully saturated rings. The molecule has 7 heteroatoms. The molecule has 0 radical (unpaired) electrons. The van der Waals surface area contributed by atoms with Gasteiger partial charge in [0, 0.05) is 12.5 Å². The number of nitrogens with one attached hydrogen (secondary N) is 2. The lowest BCUT2D eigenvalue weighted by Crippen LogP contribution is -2.49. The molecule has 0 aliphatic heterocycles. The standard InChI is InChI=1S/C27H32N2O5/c1-18(24(30)28-17-27(25(31)32)14-8-2-3-9-15-27)29-26(33)34-16-23-21-12-6-4-10-19(21)20-11-5-7-13-22(20)23/h4-7,10-13,18,23H,2-3,8-9,14-17H2,1H3,(H,28,30)(H,29,33)(H,31,32)/t18-/m0/s1. The maximum Gasteiger partial charge on any atom is 0.407 e. The first kappa shape index (κ1) is 23.8. The third-order valence-electron chi connectivity index (χ3n) is 7.19. The van der Waals surface area contributed by atoms with Crippen LogP contribution in [0.4, 0.5) is 4.79 Å². The summed E-state index contributed by atoms with van der Waals surface area (Å²) in [7, 11) is 0. The summed E-state index contributed by atoms with van der Waals surface area (Å²) in [5.41, 5.74) is 3.58. The molecule has 0 heterocycles. The maximum absolute atomic E-state index is 12.6. The van der Waals surface area contributed by atoms with Crippen molar-refractivity contribution in [3.63, 3.8) is 0 Å². The van der Waals surface area contributed by atoms with Crippen LogP contribution in [-0.4, -0.2) is 42.3 Å². The first-order valence-corrected chi connectivity index (χ1v) is 12.0. The minimum atomic E-state index is -0.935. The molecule has 34 heavy (non-hydrogen) atoms. The number of carboxylic acids is 1. The summed E-state index contributed by atoms with van der Waals surface area (Å²) in [6.07, 6.45) is 4.15. The van der Waals surface area contributed by atoms with Crippen molar-refractivity contribution in [3.8, 4) is 11.1 Å². The lowest BCUT2D eigenvalue weighted by molar-refractivity contribution is -0.149. The predicted octanol–water partition coefficient (Wildman–Crippen LogP) is 4.46. The van der Waals surface area contributed by atoms with Crippen LogP contribution in [0.15, 0.2) is 48.5 Å². The molecule has 2 aliphatic carbocycles. The summed E-state index contributed by atoms with van der Waals surface area (Å²) < 4.78 is 5.51. The molecule has 1 saturated carbocycles. The van der Waals surface area contributed by atoms with E-state index in [9.17, 15) is 19.5 Å². The number of hydrogen-bond acceptors (Lipinski definition) is 4. The highest BCUT2D eigenvalue weighted by Gasteiger charge is 2.39. The molecule has 180 valence electrons. The van der Waals surface area contributed by atoms with Gasteiger partial charge >= 0.3 is 12.1 Å². The number of carbonyl (C=O) groups is 3. The Balaban J connectivity index is 1.31. The van der Waals surface area contributed by atoms with Gasteiger partial charge in [-0.05, 0) is 42.0 Å². The Labute approximate surface area is 199 Å². The summed E-state index contributed by atoms with van der Waals surface area (Å²) in [4.78, 5) is 37.0. The van der Waals surface area contributed by atoms with E-state index in [0.29, 0.717) is 12.8 Å². The molecule has 1 atom stereocenters. The van der Waals surface area contributed by atoms with Crippen LogP contribution in [0, 0.1) is 5.41 Å². The summed E-state index contributed by atoms with van der Waals surface area (Å²) in [5, 5.41) is 15.1. The average molecular weight is 465 g/mol. The number of hydrogen-bond donors (Lipinski definition) is 3. The quantitative estimate of drug-likeness (QED) is 0.525. The number of ether oxygens (including phenoxy) is 1. The van der Waals surface area contributed by atoms with Gasteiger partial charge in [-0.1, -0.05) is 74.2 Å². The van der Waals surface area contributed by atoms with Crippen LogP contribution in [-0.2, 0) is 14.3 Å². The Morgan fingerprint density at radius 3 is 2.09 bits per heavy atom. The minimum Gasteiger partial charge on any atom is -0.481 e. The molecule has 0 bridgehead atoms. The van der Waals surface area contributed by atoms with Gasteiger partial charge < -0.3 is 20.5 Å². The highest BCUT2D eigenvalue weighted by Crippen LogP contribution is 2.44. The first-order valence-electron chi connectivity index (χ1n) is 12.0. The van der Waals surface area contributed by atoms with Crippen molar-refractivity contribution in [3.05, 3.63) is 59.7 Å². The molecular formula is C27H32N2O5. The SMILES string of the molecule is C[C@H](NC(=O)OCC1c2ccccc2-c2ccccc21)C(=O)NCC1(C(=O)O)CCCCCC1. The van der Waals surface area contributed by atoms with Gasteiger partial charge in [-0.2, -0.15) is 0 Å². The Hall–Kier alpha value is -3.35. The first-order chi connectivity index (χ1) is 16.4. The molecule has 2 aromatic rings. The molecule has 0 aromatic heterocycles. The molecule has 7 nitrogen and oxygen atoms in total. The number of alkyl carbamates (subject to hydrolysis) is 1. The monoisotopic (exact) mass is 464 g/mol. The Kier molecular flexibility index (Phi) is 7.20. The van der Waals surface area contributed by atoms with Crippen LogP contribution in [0.25, 0.3) is 11.1 Å². The number of fused-ring (bicyclic) bond motifs is 3. The van der Waals surface area contributed by atoms with E-state index in [1.54, 1.807) is 6.92 Å². The topological polar surface area (TPSA) is 105 Å².